The summed E-state index contributed by atoms with van der Waals surface area (Å²) in [4.78, 5) is 0. The van der Waals surface area contributed by atoms with Gasteiger partial charge in [0.2, 0.25) is 0 Å². The number of aromatic nitrogens is 1. The molecule has 0 radical (unpaired) electrons. The van der Waals surface area contributed by atoms with E-state index in [9.17, 15) is 5.11 Å². The summed E-state index contributed by atoms with van der Waals surface area (Å²) >= 11 is 0. The Morgan fingerprint density at radius 1 is 1.12 bits per heavy atom. The number of aryl methyl sites for hydroxylation is 1. The van der Waals surface area contributed by atoms with Gasteiger partial charge in [-0.15, -0.1) is 0 Å². The van der Waals surface area contributed by atoms with Crippen LogP contribution in [0.2, 0.25) is 0 Å². The third kappa shape index (κ3) is 1.75. The summed E-state index contributed by atoms with van der Waals surface area (Å²) in [5.74, 6) is 3.41. The Balaban J connectivity index is 1.54. The highest BCUT2D eigenvalue weighted by atomic mass is 16.5. The zero-order valence-electron chi connectivity index (χ0n) is 15.1. The van der Waals surface area contributed by atoms with E-state index in [1.165, 1.54) is 30.6 Å². The Labute approximate surface area is 144 Å². The molecule has 0 aromatic carbocycles. The van der Waals surface area contributed by atoms with E-state index in [-0.39, 0.29) is 11.5 Å². The number of hydrogen-bond acceptors (Lipinski definition) is 3. The van der Waals surface area contributed by atoms with E-state index in [2.05, 4.69) is 32.0 Å². The first-order chi connectivity index (χ1) is 11.4. The zero-order chi connectivity index (χ0) is 16.7. The van der Waals surface area contributed by atoms with Gasteiger partial charge >= 0.3 is 0 Å². The number of nitrogens with zero attached hydrogens (tertiary/aromatic N) is 1. The molecule has 0 saturated heterocycles. The fourth-order valence-corrected chi connectivity index (χ4v) is 7.14. The molecule has 4 aliphatic carbocycles. The van der Waals surface area contributed by atoms with Crippen molar-refractivity contribution in [3.63, 3.8) is 0 Å². The predicted octanol–water partition coefficient (Wildman–Crippen LogP) is 4.32. The van der Waals surface area contributed by atoms with Crippen LogP contribution in [0.25, 0.3) is 0 Å². The van der Waals surface area contributed by atoms with Crippen LogP contribution < -0.4 is 0 Å². The van der Waals surface area contributed by atoms with Crippen molar-refractivity contribution in [2.24, 2.45) is 23.2 Å². The van der Waals surface area contributed by atoms with Crippen LogP contribution in [0, 0.1) is 30.1 Å². The largest absolute Gasteiger partial charge is 0.393 e. The molecule has 3 heteroatoms. The Kier molecular flexibility index (Phi) is 3.01. The van der Waals surface area contributed by atoms with Crippen molar-refractivity contribution in [1.82, 2.24) is 5.16 Å². The van der Waals surface area contributed by atoms with Crippen LogP contribution in [0.3, 0.4) is 0 Å². The quantitative estimate of drug-likeness (QED) is 0.722. The summed E-state index contributed by atoms with van der Waals surface area (Å²) in [6.45, 7) is 7.07. The van der Waals surface area contributed by atoms with Crippen LogP contribution in [0.4, 0.5) is 0 Å². The van der Waals surface area contributed by atoms with Crippen molar-refractivity contribution in [3.8, 4) is 0 Å². The molecule has 1 aromatic heterocycles. The molecule has 2 saturated carbocycles. The Morgan fingerprint density at radius 3 is 2.75 bits per heavy atom. The average molecular weight is 327 g/mol. The lowest BCUT2D eigenvalue weighted by molar-refractivity contribution is -0.0172. The molecular weight excluding hydrogens is 298 g/mol. The molecule has 1 N–H and O–H groups in total. The Hall–Kier alpha value is -1.09. The van der Waals surface area contributed by atoms with Crippen molar-refractivity contribution in [1.29, 1.82) is 0 Å². The van der Waals surface area contributed by atoms with E-state index in [0.29, 0.717) is 11.3 Å². The van der Waals surface area contributed by atoms with Crippen molar-refractivity contribution < 1.29 is 9.63 Å². The molecule has 5 rings (SSSR count). The molecule has 4 aliphatic rings. The average Bonchev–Trinajstić information content (AvgIpc) is 3.06. The van der Waals surface area contributed by atoms with E-state index in [0.717, 1.165) is 43.2 Å². The highest BCUT2D eigenvalue weighted by Crippen LogP contribution is 2.64. The molecule has 3 nitrogen and oxygen atoms in total. The molecule has 6 atom stereocenters. The van der Waals surface area contributed by atoms with Gasteiger partial charge in [0.25, 0.3) is 0 Å². The van der Waals surface area contributed by atoms with Gasteiger partial charge in [-0.1, -0.05) is 30.7 Å². The van der Waals surface area contributed by atoms with Crippen LogP contribution in [-0.2, 0) is 11.8 Å². The van der Waals surface area contributed by atoms with Crippen LogP contribution in [-0.4, -0.2) is 16.4 Å². The number of hydrogen-bond donors (Lipinski definition) is 1. The summed E-state index contributed by atoms with van der Waals surface area (Å²) in [6, 6.07) is 0. The van der Waals surface area contributed by atoms with E-state index in [1.54, 1.807) is 5.57 Å². The van der Waals surface area contributed by atoms with Gasteiger partial charge in [0.15, 0.2) is 0 Å². The van der Waals surface area contributed by atoms with Gasteiger partial charge in [-0.3, -0.25) is 0 Å². The Morgan fingerprint density at radius 2 is 1.92 bits per heavy atom. The van der Waals surface area contributed by atoms with E-state index in [4.69, 9.17) is 4.52 Å². The third-order valence-electron chi connectivity index (χ3n) is 8.38. The maximum absolute atomic E-state index is 10.1. The second kappa shape index (κ2) is 4.75. The summed E-state index contributed by atoms with van der Waals surface area (Å²) in [5, 5.41) is 14.4. The maximum Gasteiger partial charge on any atom is 0.141 e. The van der Waals surface area contributed by atoms with Gasteiger partial charge in [-0.05, 0) is 68.6 Å². The number of allylic oxidation sites excluding steroid dienone is 1. The van der Waals surface area contributed by atoms with Crippen molar-refractivity contribution in [3.05, 3.63) is 28.7 Å². The maximum atomic E-state index is 10.1. The van der Waals surface area contributed by atoms with Crippen LogP contribution >= 0.6 is 0 Å². The first-order valence-electron chi connectivity index (χ1n) is 9.76. The highest BCUT2D eigenvalue weighted by Gasteiger charge is 2.58. The van der Waals surface area contributed by atoms with Gasteiger partial charge in [-0.2, -0.15) is 0 Å². The molecule has 0 aliphatic heterocycles. The van der Waals surface area contributed by atoms with Crippen LogP contribution in [0.15, 0.2) is 16.2 Å². The predicted molar refractivity (Wildman–Crippen MR) is 92.7 cm³/mol. The smallest absolute Gasteiger partial charge is 0.141 e. The summed E-state index contributed by atoms with van der Waals surface area (Å²) in [5.41, 5.74) is 4.69. The van der Waals surface area contributed by atoms with Crippen LogP contribution in [0.1, 0.15) is 69.4 Å². The first kappa shape index (κ1) is 15.2. The number of fused-ring (bicyclic) bond motifs is 7. The lowest BCUT2D eigenvalue weighted by Gasteiger charge is -2.57. The second-order valence-corrected chi connectivity index (χ2v) is 9.38. The van der Waals surface area contributed by atoms with E-state index < -0.39 is 0 Å². The normalized spacial score (nSPS) is 46.6. The second-order valence-electron chi connectivity index (χ2n) is 9.38. The summed E-state index contributed by atoms with van der Waals surface area (Å²) < 4.78 is 5.69. The number of aliphatic hydroxyl groups is 1. The molecule has 0 spiro atoms. The standard InChI is InChI=1S/C21H29NO2/c1-12-19-18(24-22-12)11-17-15-5-4-13-10-14(23)6-8-20(13,2)16(15)7-9-21(17,19)3/h4,14-17,23H,5-11H2,1-3H3/t14-,15-,16+,17+,20-,21-/m0/s1. The monoisotopic (exact) mass is 327 g/mol. The number of rotatable bonds is 0. The molecule has 0 unspecified atom stereocenters. The minimum absolute atomic E-state index is 0.112. The molecule has 24 heavy (non-hydrogen) atoms. The van der Waals surface area contributed by atoms with Crippen LogP contribution in [0.5, 0.6) is 0 Å². The molecule has 1 heterocycles. The lowest BCUT2D eigenvalue weighted by atomic mass is 9.47. The minimum Gasteiger partial charge on any atom is -0.393 e. The summed E-state index contributed by atoms with van der Waals surface area (Å²) in [7, 11) is 0. The molecular formula is C21H29NO2. The van der Waals surface area contributed by atoms with Gasteiger partial charge in [0, 0.05) is 17.4 Å². The van der Waals surface area contributed by atoms with Crippen molar-refractivity contribution in [2.75, 3.05) is 0 Å². The lowest BCUT2D eigenvalue weighted by Crippen LogP contribution is -2.51. The van der Waals surface area contributed by atoms with E-state index >= 15 is 0 Å². The fourth-order valence-electron chi connectivity index (χ4n) is 7.14. The van der Waals surface area contributed by atoms with Gasteiger partial charge in [-0.25, -0.2) is 0 Å². The topological polar surface area (TPSA) is 46.3 Å². The fraction of sp³-hybridized carbons (Fsp3) is 0.762. The third-order valence-corrected chi connectivity index (χ3v) is 8.38. The van der Waals surface area contributed by atoms with Crippen molar-refractivity contribution in [2.45, 2.75) is 77.2 Å². The molecule has 0 amide bonds. The molecule has 130 valence electrons. The molecule has 0 bridgehead atoms. The minimum atomic E-state index is -0.112. The zero-order valence-corrected chi connectivity index (χ0v) is 15.1. The Bertz CT molecular complexity index is 719. The van der Waals surface area contributed by atoms with Gasteiger partial charge in [0.05, 0.1) is 11.8 Å². The van der Waals surface area contributed by atoms with Gasteiger partial charge in [0.1, 0.15) is 5.76 Å². The van der Waals surface area contributed by atoms with E-state index in [1.807, 2.05) is 0 Å². The highest BCUT2D eigenvalue weighted by molar-refractivity contribution is 5.40. The van der Waals surface area contributed by atoms with Gasteiger partial charge < -0.3 is 9.63 Å². The molecule has 1 aromatic rings. The SMILES string of the molecule is Cc1noc2c1[C@@]1(C)CC[C@@H]3[C@H](CC=C4C[C@@H](O)CC[C@@]43C)[C@H]1C2. The van der Waals surface area contributed by atoms with Crippen molar-refractivity contribution >= 4 is 0 Å². The number of aliphatic hydroxyl groups excluding tert-OH is 1. The summed E-state index contributed by atoms with van der Waals surface area (Å²) in [6.07, 6.45) is 10.3. The first-order valence-corrected chi connectivity index (χ1v) is 9.76. The molecule has 2 fully saturated rings.